The number of nitrogens with zero attached hydrogens (tertiary/aromatic N) is 3. The molecule has 8 nitrogen and oxygen atoms in total. The summed E-state index contributed by atoms with van der Waals surface area (Å²) >= 11 is 1.42. The third-order valence-corrected chi connectivity index (χ3v) is 6.83. The number of hydrogen-bond acceptors (Lipinski definition) is 7. The van der Waals surface area contributed by atoms with Crippen molar-refractivity contribution in [3.05, 3.63) is 97.3 Å². The number of benzene rings is 2. The fraction of sp³-hybridized carbons (Fsp3) is 0.160. The quantitative estimate of drug-likeness (QED) is 0.393. The van der Waals surface area contributed by atoms with E-state index >= 15 is 0 Å². The van der Waals surface area contributed by atoms with E-state index in [2.05, 4.69) is 15.1 Å². The highest BCUT2D eigenvalue weighted by molar-refractivity contribution is 7.18. The predicted octanol–water partition coefficient (Wildman–Crippen LogP) is 4.22. The highest BCUT2D eigenvalue weighted by atomic mass is 32.1. The summed E-state index contributed by atoms with van der Waals surface area (Å²) < 4.78 is 6.84. The molecule has 0 saturated carbocycles. The summed E-state index contributed by atoms with van der Waals surface area (Å²) in [6, 6.07) is 15.6. The Morgan fingerprint density at radius 3 is 2.44 bits per heavy atom. The molecule has 0 fully saturated rings. The van der Waals surface area contributed by atoms with Crippen molar-refractivity contribution >= 4 is 38.3 Å². The van der Waals surface area contributed by atoms with E-state index < -0.39 is 12.1 Å². The van der Waals surface area contributed by atoms with Crippen LogP contribution in [0.5, 0.6) is 0 Å². The molecule has 34 heavy (non-hydrogen) atoms. The summed E-state index contributed by atoms with van der Waals surface area (Å²) in [5, 5.41) is 5.62. The maximum Gasteiger partial charge on any atom is 0.360 e. The molecular formula is C25H20N4O4S. The van der Waals surface area contributed by atoms with Crippen molar-refractivity contribution in [2.45, 2.75) is 26.9 Å². The molecule has 1 N–H and O–H groups in total. The number of hydrogen-bond donors (Lipinski definition) is 1. The monoisotopic (exact) mass is 472 g/mol. The average Bonchev–Trinajstić information content (AvgIpc) is 3.13. The van der Waals surface area contributed by atoms with Gasteiger partial charge in [-0.25, -0.2) is 9.78 Å². The van der Waals surface area contributed by atoms with Gasteiger partial charge in [-0.15, -0.1) is 11.3 Å². The number of para-hydroxylation sites is 1. The highest BCUT2D eigenvalue weighted by Crippen LogP contribution is 2.27. The Kier molecular flexibility index (Phi) is 5.33. The van der Waals surface area contributed by atoms with E-state index in [1.54, 1.807) is 55.5 Å². The first-order valence-corrected chi connectivity index (χ1v) is 11.4. The average molecular weight is 473 g/mol. The van der Waals surface area contributed by atoms with E-state index in [9.17, 15) is 14.4 Å². The molecule has 3 heterocycles. The fourth-order valence-electron chi connectivity index (χ4n) is 3.82. The molecule has 3 aromatic heterocycles. The SMILES string of the molecule is Cc1sc2nc([C@@H](C)OC(=O)c3nn(-c4ccccc4)c(=O)c4ccccc34)[nH]c(=O)c2c1C. The molecule has 1 atom stereocenters. The first kappa shape index (κ1) is 21.7. The molecule has 0 amide bonds. The van der Waals surface area contributed by atoms with Crippen LogP contribution in [0, 0.1) is 13.8 Å². The topological polar surface area (TPSA) is 107 Å². The number of fused-ring (bicyclic) bond motifs is 2. The highest BCUT2D eigenvalue weighted by Gasteiger charge is 2.23. The zero-order valence-electron chi connectivity index (χ0n) is 18.7. The number of esters is 1. The van der Waals surface area contributed by atoms with Gasteiger partial charge in [0, 0.05) is 10.3 Å². The van der Waals surface area contributed by atoms with Crippen molar-refractivity contribution in [3.63, 3.8) is 0 Å². The molecule has 0 unspecified atom stereocenters. The molecular weight excluding hydrogens is 452 g/mol. The van der Waals surface area contributed by atoms with Crippen LogP contribution in [0.3, 0.4) is 0 Å². The zero-order valence-corrected chi connectivity index (χ0v) is 19.5. The molecule has 0 aliphatic heterocycles. The molecule has 5 aromatic rings. The van der Waals surface area contributed by atoms with Gasteiger partial charge in [0.15, 0.2) is 17.6 Å². The summed E-state index contributed by atoms with van der Waals surface area (Å²) in [7, 11) is 0. The van der Waals surface area contributed by atoms with Gasteiger partial charge in [0.2, 0.25) is 0 Å². The van der Waals surface area contributed by atoms with Crippen molar-refractivity contribution in [2.75, 3.05) is 0 Å². The molecule has 0 saturated heterocycles. The Hall–Kier alpha value is -4.11. The lowest BCUT2D eigenvalue weighted by molar-refractivity contribution is 0.0313. The van der Waals surface area contributed by atoms with Crippen LogP contribution < -0.4 is 11.1 Å². The van der Waals surface area contributed by atoms with E-state index in [-0.39, 0.29) is 22.6 Å². The lowest BCUT2D eigenvalue weighted by Gasteiger charge is -2.14. The summed E-state index contributed by atoms with van der Waals surface area (Å²) in [6.07, 6.45) is -0.843. The van der Waals surface area contributed by atoms with E-state index in [0.29, 0.717) is 26.7 Å². The minimum absolute atomic E-state index is 0.00265. The van der Waals surface area contributed by atoms with Gasteiger partial charge < -0.3 is 9.72 Å². The maximum absolute atomic E-state index is 13.2. The molecule has 0 spiro atoms. The van der Waals surface area contributed by atoms with Crippen LogP contribution in [0.1, 0.15) is 39.8 Å². The first-order chi connectivity index (χ1) is 16.3. The summed E-state index contributed by atoms with van der Waals surface area (Å²) in [6.45, 7) is 5.44. The van der Waals surface area contributed by atoms with Gasteiger partial charge >= 0.3 is 5.97 Å². The van der Waals surface area contributed by atoms with Gasteiger partial charge in [0.05, 0.1) is 16.5 Å². The third-order valence-electron chi connectivity index (χ3n) is 5.73. The second-order valence-electron chi connectivity index (χ2n) is 7.91. The van der Waals surface area contributed by atoms with Gasteiger partial charge in [0.1, 0.15) is 4.83 Å². The van der Waals surface area contributed by atoms with Crippen molar-refractivity contribution < 1.29 is 9.53 Å². The number of ether oxygens (including phenoxy) is 1. The van der Waals surface area contributed by atoms with Crippen molar-refractivity contribution in [3.8, 4) is 5.69 Å². The lowest BCUT2D eigenvalue weighted by Crippen LogP contribution is -2.26. The number of carbonyl (C=O) groups is 1. The van der Waals surface area contributed by atoms with Crippen LogP contribution in [0.25, 0.3) is 26.7 Å². The minimum atomic E-state index is -0.843. The van der Waals surface area contributed by atoms with Gasteiger partial charge in [-0.05, 0) is 44.5 Å². The fourth-order valence-corrected chi connectivity index (χ4v) is 4.86. The van der Waals surface area contributed by atoms with E-state index in [4.69, 9.17) is 4.74 Å². The molecule has 5 rings (SSSR count). The first-order valence-electron chi connectivity index (χ1n) is 10.6. The number of nitrogens with one attached hydrogen (secondary N) is 1. The Balaban J connectivity index is 1.56. The van der Waals surface area contributed by atoms with Crippen LogP contribution in [-0.4, -0.2) is 25.7 Å². The molecule has 170 valence electrons. The number of H-pyrrole nitrogens is 1. The number of aryl methyl sites for hydroxylation is 2. The molecule has 0 aliphatic carbocycles. The van der Waals surface area contributed by atoms with E-state index in [0.717, 1.165) is 10.4 Å². The second kappa shape index (κ2) is 8.35. The standard InChI is InChI=1S/C25H20N4O4S/c1-13-15(3)34-23-19(13)22(30)26-21(27-23)14(2)33-25(32)20-17-11-7-8-12-18(17)24(31)29(28-20)16-9-5-4-6-10-16/h4-12,14H,1-3H3,(H,26,27,30)/t14-/m1/s1. The maximum atomic E-state index is 13.2. The Morgan fingerprint density at radius 2 is 1.71 bits per heavy atom. The van der Waals surface area contributed by atoms with E-state index in [1.165, 1.54) is 16.0 Å². The number of aromatic nitrogens is 4. The Morgan fingerprint density at radius 1 is 1.03 bits per heavy atom. The van der Waals surface area contributed by atoms with Gasteiger partial charge in [-0.2, -0.15) is 9.78 Å². The number of aromatic amines is 1. The lowest BCUT2D eigenvalue weighted by atomic mass is 10.1. The summed E-state index contributed by atoms with van der Waals surface area (Å²) in [5.74, 6) is -0.484. The van der Waals surface area contributed by atoms with Crippen LogP contribution >= 0.6 is 11.3 Å². The van der Waals surface area contributed by atoms with E-state index in [1.807, 2.05) is 19.9 Å². The summed E-state index contributed by atoms with van der Waals surface area (Å²) in [4.78, 5) is 47.7. The van der Waals surface area contributed by atoms with Gasteiger partial charge in [-0.3, -0.25) is 9.59 Å². The molecule has 2 aromatic carbocycles. The second-order valence-corrected chi connectivity index (χ2v) is 9.11. The normalized spacial score (nSPS) is 12.2. The smallest absolute Gasteiger partial charge is 0.360 e. The molecule has 0 bridgehead atoms. The Bertz CT molecular complexity index is 1690. The van der Waals surface area contributed by atoms with Crippen LogP contribution in [0.4, 0.5) is 0 Å². The number of rotatable bonds is 4. The third kappa shape index (κ3) is 3.60. The molecule has 9 heteroatoms. The summed E-state index contributed by atoms with van der Waals surface area (Å²) in [5.41, 5.74) is 0.804. The van der Waals surface area contributed by atoms with Crippen LogP contribution in [-0.2, 0) is 4.74 Å². The largest absolute Gasteiger partial charge is 0.450 e. The molecule has 0 aliphatic rings. The number of thiophene rings is 1. The zero-order chi connectivity index (χ0) is 24.0. The van der Waals surface area contributed by atoms with Gasteiger partial charge in [0.25, 0.3) is 11.1 Å². The van der Waals surface area contributed by atoms with Crippen molar-refractivity contribution in [1.82, 2.24) is 19.7 Å². The van der Waals surface area contributed by atoms with Crippen LogP contribution in [0.2, 0.25) is 0 Å². The van der Waals surface area contributed by atoms with Gasteiger partial charge in [-0.1, -0.05) is 36.4 Å². The van der Waals surface area contributed by atoms with Crippen LogP contribution in [0.15, 0.2) is 64.2 Å². The predicted molar refractivity (Wildman–Crippen MR) is 131 cm³/mol. The van der Waals surface area contributed by atoms with Crippen molar-refractivity contribution in [2.24, 2.45) is 0 Å². The Labute approximate surface area is 197 Å². The molecule has 0 radical (unpaired) electrons. The minimum Gasteiger partial charge on any atom is -0.450 e. The number of carbonyl (C=O) groups excluding carboxylic acids is 1. The van der Waals surface area contributed by atoms with Crippen molar-refractivity contribution in [1.29, 1.82) is 0 Å².